The van der Waals surface area contributed by atoms with E-state index in [1.54, 1.807) is 6.07 Å². The Bertz CT molecular complexity index is 667. The SMILES string of the molecule is COC(=O)c1ccc(C(=O)OC)c(NC(=S)N2[C@@H](C)CCC[C@@H]2C)c1. The molecule has 25 heavy (non-hydrogen) atoms. The number of carbonyl (C=O) groups excluding carboxylic acids is 2. The van der Waals surface area contributed by atoms with Crippen LogP contribution in [-0.2, 0) is 9.47 Å². The minimum absolute atomic E-state index is 0.314. The van der Waals surface area contributed by atoms with Crippen LogP contribution in [0.25, 0.3) is 0 Å². The first-order valence-corrected chi connectivity index (χ1v) is 8.69. The summed E-state index contributed by atoms with van der Waals surface area (Å²) >= 11 is 5.58. The number of hydrogen-bond acceptors (Lipinski definition) is 5. The van der Waals surface area contributed by atoms with E-state index in [0.29, 0.717) is 34.0 Å². The van der Waals surface area contributed by atoms with E-state index in [4.69, 9.17) is 21.7 Å². The molecule has 136 valence electrons. The van der Waals surface area contributed by atoms with E-state index >= 15 is 0 Å². The van der Waals surface area contributed by atoms with Gasteiger partial charge in [0.2, 0.25) is 0 Å². The minimum atomic E-state index is -0.499. The van der Waals surface area contributed by atoms with Crippen LogP contribution in [0.4, 0.5) is 5.69 Å². The van der Waals surface area contributed by atoms with Crippen molar-refractivity contribution in [1.29, 1.82) is 0 Å². The van der Waals surface area contributed by atoms with E-state index in [0.717, 1.165) is 12.8 Å². The van der Waals surface area contributed by atoms with Crippen LogP contribution in [0.2, 0.25) is 0 Å². The van der Waals surface area contributed by atoms with Crippen molar-refractivity contribution in [3.05, 3.63) is 29.3 Å². The van der Waals surface area contributed by atoms with Gasteiger partial charge in [-0.1, -0.05) is 0 Å². The standard InChI is InChI=1S/C18H24N2O4S/c1-11-6-5-7-12(2)20(11)18(25)19-15-10-13(16(21)23-3)8-9-14(15)17(22)24-4/h8-12H,5-7H2,1-4H3,(H,19,25)/t11-,12-/m0/s1. The molecule has 0 radical (unpaired) electrons. The fourth-order valence-corrected chi connectivity index (χ4v) is 3.65. The molecule has 0 aliphatic carbocycles. The van der Waals surface area contributed by atoms with Gasteiger partial charge < -0.3 is 19.7 Å². The van der Waals surface area contributed by atoms with Gasteiger partial charge in [-0.2, -0.15) is 0 Å². The molecule has 2 atom stereocenters. The number of benzene rings is 1. The van der Waals surface area contributed by atoms with Crippen LogP contribution in [0, 0.1) is 0 Å². The van der Waals surface area contributed by atoms with E-state index in [-0.39, 0.29) is 0 Å². The van der Waals surface area contributed by atoms with Gasteiger partial charge in [0, 0.05) is 12.1 Å². The average molecular weight is 364 g/mol. The third-order valence-corrected chi connectivity index (χ3v) is 4.83. The lowest BCUT2D eigenvalue weighted by Gasteiger charge is -2.41. The maximum absolute atomic E-state index is 12.0. The number of piperidine rings is 1. The molecule has 7 heteroatoms. The highest BCUT2D eigenvalue weighted by Gasteiger charge is 2.27. The number of likely N-dealkylation sites (tertiary alicyclic amines) is 1. The monoisotopic (exact) mass is 364 g/mol. The molecular formula is C18H24N2O4S. The van der Waals surface area contributed by atoms with E-state index in [9.17, 15) is 9.59 Å². The van der Waals surface area contributed by atoms with E-state index in [2.05, 4.69) is 24.1 Å². The Labute approximate surface area is 153 Å². The highest BCUT2D eigenvalue weighted by molar-refractivity contribution is 7.80. The zero-order valence-electron chi connectivity index (χ0n) is 15.0. The van der Waals surface area contributed by atoms with Crippen molar-refractivity contribution < 1.29 is 19.1 Å². The number of carbonyl (C=O) groups is 2. The molecule has 0 spiro atoms. The fourth-order valence-electron chi connectivity index (χ4n) is 3.18. The third-order valence-electron chi connectivity index (χ3n) is 4.52. The number of methoxy groups -OCH3 is 2. The minimum Gasteiger partial charge on any atom is -0.465 e. The van der Waals surface area contributed by atoms with Gasteiger partial charge in [0.1, 0.15) is 0 Å². The number of esters is 2. The lowest BCUT2D eigenvalue weighted by atomic mass is 9.98. The maximum Gasteiger partial charge on any atom is 0.339 e. The van der Waals surface area contributed by atoms with Crippen LogP contribution >= 0.6 is 12.2 Å². The summed E-state index contributed by atoms with van der Waals surface area (Å²) in [5, 5.41) is 3.66. The molecule has 1 aromatic rings. The highest BCUT2D eigenvalue weighted by atomic mass is 32.1. The molecule has 0 saturated carbocycles. The van der Waals surface area contributed by atoms with Crippen molar-refractivity contribution in [3.8, 4) is 0 Å². The predicted octanol–water partition coefficient (Wildman–Crippen LogP) is 3.22. The molecule has 1 fully saturated rings. The van der Waals surface area contributed by atoms with Crippen molar-refractivity contribution in [2.45, 2.75) is 45.2 Å². The molecule has 0 aromatic heterocycles. The first-order valence-electron chi connectivity index (χ1n) is 8.29. The molecule has 2 rings (SSSR count). The number of nitrogens with zero attached hydrogens (tertiary/aromatic N) is 1. The summed E-state index contributed by atoms with van der Waals surface area (Å²) in [5.41, 5.74) is 1.08. The maximum atomic E-state index is 12.0. The molecule has 1 saturated heterocycles. The van der Waals surface area contributed by atoms with E-state index in [1.165, 1.54) is 32.8 Å². The van der Waals surface area contributed by atoms with Crippen LogP contribution in [0.1, 0.15) is 53.8 Å². The number of hydrogen-bond donors (Lipinski definition) is 1. The molecular weight excluding hydrogens is 340 g/mol. The van der Waals surface area contributed by atoms with Gasteiger partial charge in [-0.05, 0) is 63.5 Å². The highest BCUT2D eigenvalue weighted by Crippen LogP contribution is 2.25. The van der Waals surface area contributed by atoms with Gasteiger partial charge in [-0.3, -0.25) is 0 Å². The molecule has 1 N–H and O–H groups in total. The number of rotatable bonds is 3. The van der Waals surface area contributed by atoms with Gasteiger partial charge in [-0.25, -0.2) is 9.59 Å². The van der Waals surface area contributed by atoms with Crippen LogP contribution in [0.5, 0.6) is 0 Å². The van der Waals surface area contributed by atoms with Crippen LogP contribution in [0.3, 0.4) is 0 Å². The summed E-state index contributed by atoms with van der Waals surface area (Å²) in [4.78, 5) is 26.0. The van der Waals surface area contributed by atoms with E-state index in [1.807, 2.05) is 0 Å². The van der Waals surface area contributed by atoms with Crippen molar-refractivity contribution in [2.75, 3.05) is 19.5 Å². The topological polar surface area (TPSA) is 67.9 Å². The largest absolute Gasteiger partial charge is 0.465 e. The van der Waals surface area contributed by atoms with Crippen molar-refractivity contribution in [1.82, 2.24) is 4.90 Å². The summed E-state index contributed by atoms with van der Waals surface area (Å²) in [6, 6.07) is 5.25. The summed E-state index contributed by atoms with van der Waals surface area (Å²) in [7, 11) is 2.62. The van der Waals surface area contributed by atoms with Gasteiger partial charge in [0.05, 0.1) is 31.0 Å². The quantitative estimate of drug-likeness (QED) is 0.652. The predicted molar refractivity (Wildman–Crippen MR) is 100.0 cm³/mol. The van der Waals surface area contributed by atoms with Crippen LogP contribution < -0.4 is 5.32 Å². The lowest BCUT2D eigenvalue weighted by molar-refractivity contribution is 0.0587. The second-order valence-electron chi connectivity index (χ2n) is 6.21. The fraction of sp³-hybridized carbons (Fsp3) is 0.500. The summed E-state index contributed by atoms with van der Waals surface area (Å²) in [6.07, 6.45) is 3.31. The number of nitrogens with one attached hydrogen (secondary N) is 1. The summed E-state index contributed by atoms with van der Waals surface area (Å²) in [6.45, 7) is 4.27. The Hall–Kier alpha value is -2.15. The lowest BCUT2D eigenvalue weighted by Crippen LogP contribution is -2.49. The van der Waals surface area contributed by atoms with Gasteiger partial charge in [0.25, 0.3) is 0 Å². The molecule has 0 bridgehead atoms. The summed E-state index contributed by atoms with van der Waals surface area (Å²) in [5.74, 6) is -0.980. The molecule has 0 unspecified atom stereocenters. The Morgan fingerprint density at radius 2 is 1.72 bits per heavy atom. The Morgan fingerprint density at radius 1 is 1.12 bits per heavy atom. The number of thiocarbonyl (C=S) groups is 1. The number of ether oxygens (including phenoxy) is 2. The van der Waals surface area contributed by atoms with Crippen LogP contribution in [0.15, 0.2) is 18.2 Å². The Balaban J connectivity index is 2.33. The summed E-state index contributed by atoms with van der Waals surface area (Å²) < 4.78 is 9.57. The average Bonchev–Trinajstić information content (AvgIpc) is 2.60. The van der Waals surface area contributed by atoms with Gasteiger partial charge >= 0.3 is 11.9 Å². The molecule has 1 aliphatic heterocycles. The smallest absolute Gasteiger partial charge is 0.339 e. The van der Waals surface area contributed by atoms with Gasteiger partial charge in [-0.15, -0.1) is 0 Å². The van der Waals surface area contributed by atoms with Crippen molar-refractivity contribution >= 4 is 35.0 Å². The first kappa shape index (κ1) is 19.2. The first-order chi connectivity index (χ1) is 11.9. The van der Waals surface area contributed by atoms with Crippen molar-refractivity contribution in [2.24, 2.45) is 0 Å². The molecule has 1 aliphatic rings. The van der Waals surface area contributed by atoms with E-state index < -0.39 is 11.9 Å². The normalized spacial score (nSPS) is 19.9. The Morgan fingerprint density at radius 3 is 2.28 bits per heavy atom. The van der Waals surface area contributed by atoms with Gasteiger partial charge in [0.15, 0.2) is 5.11 Å². The van der Waals surface area contributed by atoms with Crippen molar-refractivity contribution in [3.63, 3.8) is 0 Å². The molecule has 1 aromatic carbocycles. The molecule has 1 heterocycles. The Kier molecular flexibility index (Phi) is 6.36. The zero-order chi connectivity index (χ0) is 18.6. The second-order valence-corrected chi connectivity index (χ2v) is 6.60. The number of anilines is 1. The zero-order valence-corrected chi connectivity index (χ0v) is 15.8. The second kappa shape index (κ2) is 8.29. The molecule has 0 amide bonds. The van der Waals surface area contributed by atoms with Crippen LogP contribution in [-0.4, -0.2) is 48.3 Å². The third kappa shape index (κ3) is 4.28. The molecule has 6 nitrogen and oxygen atoms in total.